The van der Waals surface area contributed by atoms with E-state index in [0.717, 1.165) is 17.9 Å². The number of carbonyl (C=O) groups excluding carboxylic acids is 1. The van der Waals surface area contributed by atoms with Crippen LogP contribution in [0.2, 0.25) is 0 Å². The molecular formula is C18H25IN4O3. The molecule has 2 rings (SSSR count). The molecule has 1 aromatic heterocycles. The molecule has 0 radical (unpaired) electrons. The van der Waals surface area contributed by atoms with Crippen LogP contribution in [0.4, 0.5) is 0 Å². The standard InChI is InChI=1S/C18H24N4O3.HI/c1-3-19-18(22-13-14-6-4-7-15(12-14)24-2)21-10-9-20-17(23)16-8-5-11-25-16;/h4-8,11-12H,3,9-10,13H2,1-2H3,(H,20,23)(H2,19,21,22);1H. The summed E-state index contributed by atoms with van der Waals surface area (Å²) in [5.41, 5.74) is 1.06. The lowest BCUT2D eigenvalue weighted by Gasteiger charge is -2.11. The maximum Gasteiger partial charge on any atom is 0.287 e. The highest BCUT2D eigenvalue weighted by molar-refractivity contribution is 14.0. The van der Waals surface area contributed by atoms with Crippen LogP contribution in [0.15, 0.2) is 52.1 Å². The first-order valence-electron chi connectivity index (χ1n) is 8.19. The molecule has 0 saturated heterocycles. The normalized spacial score (nSPS) is 10.6. The summed E-state index contributed by atoms with van der Waals surface area (Å²) in [4.78, 5) is 16.3. The van der Waals surface area contributed by atoms with E-state index in [0.29, 0.717) is 31.4 Å². The monoisotopic (exact) mass is 472 g/mol. The zero-order valence-corrected chi connectivity index (χ0v) is 17.3. The minimum Gasteiger partial charge on any atom is -0.497 e. The number of benzene rings is 1. The van der Waals surface area contributed by atoms with Crippen molar-refractivity contribution in [3.63, 3.8) is 0 Å². The van der Waals surface area contributed by atoms with Crippen molar-refractivity contribution in [1.29, 1.82) is 0 Å². The van der Waals surface area contributed by atoms with E-state index in [1.54, 1.807) is 19.2 Å². The van der Waals surface area contributed by atoms with Crippen LogP contribution in [0.25, 0.3) is 0 Å². The van der Waals surface area contributed by atoms with Gasteiger partial charge in [0, 0.05) is 19.6 Å². The Morgan fingerprint density at radius 1 is 1.15 bits per heavy atom. The molecule has 8 heteroatoms. The lowest BCUT2D eigenvalue weighted by atomic mass is 10.2. The van der Waals surface area contributed by atoms with Gasteiger partial charge in [0.05, 0.1) is 19.9 Å². The SMILES string of the molecule is CCNC(=NCc1cccc(OC)c1)NCCNC(=O)c1ccco1.I. The third-order valence-electron chi connectivity index (χ3n) is 3.35. The van der Waals surface area contributed by atoms with E-state index in [4.69, 9.17) is 9.15 Å². The van der Waals surface area contributed by atoms with Crippen molar-refractivity contribution >= 4 is 35.8 Å². The molecule has 142 valence electrons. The van der Waals surface area contributed by atoms with E-state index in [1.165, 1.54) is 6.26 Å². The maximum absolute atomic E-state index is 11.8. The zero-order valence-electron chi connectivity index (χ0n) is 15.0. The van der Waals surface area contributed by atoms with Crippen molar-refractivity contribution in [3.05, 3.63) is 54.0 Å². The Labute approximate surface area is 170 Å². The number of rotatable bonds is 8. The minimum absolute atomic E-state index is 0. The van der Waals surface area contributed by atoms with Crippen LogP contribution in [-0.4, -0.2) is 38.6 Å². The molecule has 26 heavy (non-hydrogen) atoms. The van der Waals surface area contributed by atoms with Gasteiger partial charge in [-0.3, -0.25) is 4.79 Å². The fourth-order valence-corrected chi connectivity index (χ4v) is 2.13. The summed E-state index contributed by atoms with van der Waals surface area (Å²) in [6.07, 6.45) is 1.47. The second-order valence-corrected chi connectivity index (χ2v) is 5.21. The van der Waals surface area contributed by atoms with Crippen LogP contribution in [0, 0.1) is 0 Å². The average molecular weight is 472 g/mol. The topological polar surface area (TPSA) is 87.9 Å². The number of aliphatic imine (C=N–C) groups is 1. The van der Waals surface area contributed by atoms with Crippen LogP contribution in [0.1, 0.15) is 23.0 Å². The molecule has 0 aliphatic rings. The number of hydrogen-bond donors (Lipinski definition) is 3. The maximum atomic E-state index is 11.8. The van der Waals surface area contributed by atoms with Crippen molar-refractivity contribution in [2.24, 2.45) is 4.99 Å². The molecule has 0 unspecified atom stereocenters. The first-order chi connectivity index (χ1) is 12.2. The Morgan fingerprint density at radius 2 is 1.96 bits per heavy atom. The number of guanidine groups is 1. The van der Waals surface area contributed by atoms with Gasteiger partial charge in [-0.1, -0.05) is 12.1 Å². The van der Waals surface area contributed by atoms with Gasteiger partial charge < -0.3 is 25.1 Å². The van der Waals surface area contributed by atoms with E-state index >= 15 is 0 Å². The van der Waals surface area contributed by atoms with Gasteiger partial charge in [-0.2, -0.15) is 0 Å². The molecule has 0 aliphatic heterocycles. The van der Waals surface area contributed by atoms with Gasteiger partial charge in [-0.15, -0.1) is 24.0 Å². The summed E-state index contributed by atoms with van der Waals surface area (Å²) in [7, 11) is 1.64. The van der Waals surface area contributed by atoms with Crippen LogP contribution in [-0.2, 0) is 6.54 Å². The molecule has 7 nitrogen and oxygen atoms in total. The van der Waals surface area contributed by atoms with Gasteiger partial charge in [0.15, 0.2) is 11.7 Å². The third-order valence-corrected chi connectivity index (χ3v) is 3.35. The Kier molecular flexibility index (Phi) is 10.2. The summed E-state index contributed by atoms with van der Waals surface area (Å²) in [6.45, 7) is 4.30. The van der Waals surface area contributed by atoms with Gasteiger partial charge in [-0.05, 0) is 36.8 Å². The molecule has 0 saturated carbocycles. The second kappa shape index (κ2) is 12.2. The molecule has 3 N–H and O–H groups in total. The van der Waals surface area contributed by atoms with E-state index < -0.39 is 0 Å². The summed E-state index contributed by atoms with van der Waals surface area (Å²) in [5, 5.41) is 9.13. The third kappa shape index (κ3) is 7.34. The van der Waals surface area contributed by atoms with Gasteiger partial charge in [0.25, 0.3) is 5.91 Å². The minimum atomic E-state index is -0.231. The van der Waals surface area contributed by atoms with Crippen molar-refractivity contribution in [2.45, 2.75) is 13.5 Å². The quantitative estimate of drug-likeness (QED) is 0.238. The average Bonchev–Trinajstić information content (AvgIpc) is 3.18. The van der Waals surface area contributed by atoms with E-state index in [9.17, 15) is 4.79 Å². The van der Waals surface area contributed by atoms with Gasteiger partial charge in [0.2, 0.25) is 0 Å². The highest BCUT2D eigenvalue weighted by atomic mass is 127. The summed E-state index contributed by atoms with van der Waals surface area (Å²) >= 11 is 0. The van der Waals surface area contributed by atoms with Crippen molar-refractivity contribution in [2.75, 3.05) is 26.7 Å². The molecule has 1 heterocycles. The van der Waals surface area contributed by atoms with E-state index in [2.05, 4.69) is 20.9 Å². The Bertz CT molecular complexity index is 690. The molecule has 1 aromatic carbocycles. The zero-order chi connectivity index (χ0) is 17.9. The number of nitrogens with one attached hydrogen (secondary N) is 3. The van der Waals surface area contributed by atoms with Crippen LogP contribution >= 0.6 is 24.0 Å². The molecule has 0 aliphatic carbocycles. The van der Waals surface area contributed by atoms with Crippen LogP contribution in [0.3, 0.4) is 0 Å². The van der Waals surface area contributed by atoms with Gasteiger partial charge in [-0.25, -0.2) is 4.99 Å². The number of nitrogens with zero attached hydrogens (tertiary/aromatic N) is 1. The first kappa shape index (κ1) is 21.8. The van der Waals surface area contributed by atoms with E-state index in [-0.39, 0.29) is 29.9 Å². The number of halogens is 1. The first-order valence-corrected chi connectivity index (χ1v) is 8.19. The highest BCUT2D eigenvalue weighted by Crippen LogP contribution is 2.13. The Hall–Kier alpha value is -2.23. The van der Waals surface area contributed by atoms with Crippen LogP contribution < -0.4 is 20.7 Å². The molecule has 1 amide bonds. The van der Waals surface area contributed by atoms with Gasteiger partial charge >= 0.3 is 0 Å². The van der Waals surface area contributed by atoms with Crippen molar-refractivity contribution in [1.82, 2.24) is 16.0 Å². The summed E-state index contributed by atoms with van der Waals surface area (Å²) < 4.78 is 10.3. The molecule has 0 atom stereocenters. The summed E-state index contributed by atoms with van der Waals surface area (Å²) in [6, 6.07) is 11.1. The lowest BCUT2D eigenvalue weighted by molar-refractivity contribution is 0.0926. The number of carbonyl (C=O) groups is 1. The molecule has 2 aromatic rings. The predicted molar refractivity (Wildman–Crippen MR) is 112 cm³/mol. The second-order valence-electron chi connectivity index (χ2n) is 5.21. The smallest absolute Gasteiger partial charge is 0.287 e. The molecular weight excluding hydrogens is 447 g/mol. The fraction of sp³-hybridized carbons (Fsp3) is 0.333. The van der Waals surface area contributed by atoms with Crippen molar-refractivity contribution in [3.8, 4) is 5.75 Å². The predicted octanol–water partition coefficient (Wildman–Crippen LogP) is 2.39. The molecule has 0 bridgehead atoms. The Balaban J connectivity index is 0.00000338. The summed E-state index contributed by atoms with van der Waals surface area (Å²) in [5.74, 6) is 1.58. The van der Waals surface area contributed by atoms with Crippen molar-refractivity contribution < 1.29 is 13.9 Å². The number of furan rings is 1. The van der Waals surface area contributed by atoms with Gasteiger partial charge in [0.1, 0.15) is 5.75 Å². The highest BCUT2D eigenvalue weighted by Gasteiger charge is 2.06. The number of ether oxygens (including phenoxy) is 1. The number of hydrogen-bond acceptors (Lipinski definition) is 4. The Morgan fingerprint density at radius 3 is 2.65 bits per heavy atom. The molecule has 0 spiro atoms. The largest absolute Gasteiger partial charge is 0.497 e. The fourth-order valence-electron chi connectivity index (χ4n) is 2.13. The van der Waals surface area contributed by atoms with Crippen LogP contribution in [0.5, 0.6) is 5.75 Å². The molecule has 0 fully saturated rings. The number of methoxy groups -OCH3 is 1. The lowest BCUT2D eigenvalue weighted by Crippen LogP contribution is -2.41. The van der Waals surface area contributed by atoms with E-state index in [1.807, 2.05) is 31.2 Å². The number of amides is 1.